The van der Waals surface area contributed by atoms with Gasteiger partial charge in [-0.15, -0.1) is 0 Å². The summed E-state index contributed by atoms with van der Waals surface area (Å²) < 4.78 is 10.9. The number of ether oxygens (including phenoxy) is 1. The molecule has 2 heterocycles. The van der Waals surface area contributed by atoms with Gasteiger partial charge in [-0.2, -0.15) is 0 Å². The lowest BCUT2D eigenvalue weighted by atomic mass is 10.1. The molecule has 2 amide bonds. The molecule has 1 fully saturated rings. The van der Waals surface area contributed by atoms with Gasteiger partial charge >= 0.3 is 5.97 Å². The number of anilines is 1. The summed E-state index contributed by atoms with van der Waals surface area (Å²) in [6.45, 7) is 0. The molecule has 8 nitrogen and oxygen atoms in total. The van der Waals surface area contributed by atoms with Gasteiger partial charge in [0.1, 0.15) is 22.8 Å². The molecular formula is C23H15ClN2O6S. The van der Waals surface area contributed by atoms with Crippen molar-refractivity contribution in [2.75, 3.05) is 12.0 Å². The number of aromatic carboxylic acids is 1. The van der Waals surface area contributed by atoms with E-state index in [1.165, 1.54) is 42.4 Å². The number of nitrogens with one attached hydrogen (secondary N) is 1. The van der Waals surface area contributed by atoms with Crippen LogP contribution in [0, 0.1) is 0 Å². The van der Waals surface area contributed by atoms with Crippen LogP contribution in [0.4, 0.5) is 5.69 Å². The zero-order valence-corrected chi connectivity index (χ0v) is 18.6. The van der Waals surface area contributed by atoms with E-state index in [1.807, 2.05) is 0 Å². The van der Waals surface area contributed by atoms with Crippen LogP contribution in [0.3, 0.4) is 0 Å². The second kappa shape index (κ2) is 8.89. The normalized spacial score (nSPS) is 15.0. The van der Waals surface area contributed by atoms with Crippen LogP contribution in [0.15, 0.2) is 64.6 Å². The number of rotatable bonds is 5. The molecule has 0 atom stereocenters. The summed E-state index contributed by atoms with van der Waals surface area (Å²) >= 11 is 11.4. The molecule has 4 rings (SSSR count). The predicted octanol–water partition coefficient (Wildman–Crippen LogP) is 4.14. The van der Waals surface area contributed by atoms with Gasteiger partial charge < -0.3 is 14.3 Å². The average molecular weight is 483 g/mol. The Labute approximate surface area is 198 Å². The molecule has 1 saturated heterocycles. The van der Waals surface area contributed by atoms with Crippen molar-refractivity contribution in [2.24, 2.45) is 0 Å². The molecule has 1 aliphatic rings. The van der Waals surface area contributed by atoms with Gasteiger partial charge in [0.05, 0.1) is 23.4 Å². The summed E-state index contributed by atoms with van der Waals surface area (Å²) in [4.78, 5) is 38.0. The summed E-state index contributed by atoms with van der Waals surface area (Å²) in [6, 6.07) is 13.9. The summed E-state index contributed by atoms with van der Waals surface area (Å²) in [5.41, 5.74) is 0.665. The van der Waals surface area contributed by atoms with Crippen molar-refractivity contribution in [1.82, 2.24) is 5.32 Å². The predicted molar refractivity (Wildman–Crippen MR) is 125 cm³/mol. The first-order valence-electron chi connectivity index (χ1n) is 9.47. The molecule has 2 N–H and O–H groups in total. The monoisotopic (exact) mass is 482 g/mol. The molecule has 3 aromatic rings. The largest absolute Gasteiger partial charge is 0.497 e. The lowest BCUT2D eigenvalue weighted by Crippen LogP contribution is -2.54. The van der Waals surface area contributed by atoms with Crippen LogP contribution in [0.2, 0.25) is 5.02 Å². The van der Waals surface area contributed by atoms with Gasteiger partial charge in [0.15, 0.2) is 5.11 Å². The molecule has 10 heteroatoms. The van der Waals surface area contributed by atoms with Gasteiger partial charge in [-0.05, 0) is 72.9 Å². The fourth-order valence-corrected chi connectivity index (χ4v) is 3.68. The number of carboxylic acid groups (broad SMARTS) is 1. The molecule has 1 aromatic heterocycles. The molecule has 166 valence electrons. The number of furan rings is 1. The van der Waals surface area contributed by atoms with Crippen molar-refractivity contribution in [2.45, 2.75) is 0 Å². The number of hydrogen-bond acceptors (Lipinski definition) is 6. The molecule has 0 saturated carbocycles. The van der Waals surface area contributed by atoms with Gasteiger partial charge in [-0.1, -0.05) is 11.6 Å². The van der Waals surface area contributed by atoms with E-state index in [4.69, 9.17) is 33.0 Å². The van der Waals surface area contributed by atoms with Gasteiger partial charge in [0, 0.05) is 5.56 Å². The Morgan fingerprint density at radius 3 is 2.55 bits per heavy atom. The number of halogens is 1. The smallest absolute Gasteiger partial charge is 0.335 e. The third-order valence-electron chi connectivity index (χ3n) is 4.82. The Bertz CT molecular complexity index is 1330. The van der Waals surface area contributed by atoms with E-state index in [-0.39, 0.29) is 32.8 Å². The van der Waals surface area contributed by atoms with E-state index in [9.17, 15) is 19.5 Å². The van der Waals surface area contributed by atoms with Crippen molar-refractivity contribution in [3.8, 4) is 17.1 Å². The van der Waals surface area contributed by atoms with Crippen molar-refractivity contribution in [3.05, 3.63) is 76.5 Å². The number of nitrogens with zero attached hydrogens (tertiary/aromatic N) is 1. The Balaban J connectivity index is 1.67. The lowest BCUT2D eigenvalue weighted by molar-refractivity contribution is -0.122. The average Bonchev–Trinajstić information content (AvgIpc) is 3.25. The van der Waals surface area contributed by atoms with Gasteiger partial charge in [-0.3, -0.25) is 19.8 Å². The zero-order chi connectivity index (χ0) is 23.7. The van der Waals surface area contributed by atoms with Crippen LogP contribution in [0.25, 0.3) is 17.4 Å². The highest BCUT2D eigenvalue weighted by Crippen LogP contribution is 2.31. The Morgan fingerprint density at radius 1 is 1.15 bits per heavy atom. The second-order valence-corrected chi connectivity index (χ2v) is 7.65. The maximum absolute atomic E-state index is 13.1. The highest BCUT2D eigenvalue weighted by Gasteiger charge is 2.34. The topological polar surface area (TPSA) is 109 Å². The number of amides is 2. The van der Waals surface area contributed by atoms with Crippen LogP contribution in [-0.2, 0) is 9.59 Å². The first kappa shape index (κ1) is 22.3. The van der Waals surface area contributed by atoms with Crippen molar-refractivity contribution < 1.29 is 28.6 Å². The summed E-state index contributed by atoms with van der Waals surface area (Å²) in [6.07, 6.45) is 1.29. The molecule has 1 aliphatic heterocycles. The standard InChI is InChI=1S/C23H15ClN2O6S/c1-31-14-5-3-13(4-6-14)26-21(28)17(20(27)25-23(26)33)11-15-7-9-19(32-15)16-10-12(22(29)30)2-8-18(16)24/h2-11H,1H3,(H,29,30)(H,25,27,33). The van der Waals surface area contributed by atoms with Gasteiger partial charge in [0.25, 0.3) is 11.8 Å². The van der Waals surface area contributed by atoms with Crippen molar-refractivity contribution in [1.29, 1.82) is 0 Å². The number of carbonyl (C=O) groups is 3. The van der Waals surface area contributed by atoms with E-state index in [0.29, 0.717) is 17.0 Å². The molecule has 2 aromatic carbocycles. The summed E-state index contributed by atoms with van der Waals surface area (Å²) in [5.74, 6) is -1.33. The molecule has 0 spiro atoms. The van der Waals surface area contributed by atoms with Gasteiger partial charge in [-0.25, -0.2) is 4.79 Å². The zero-order valence-electron chi connectivity index (χ0n) is 17.0. The quantitative estimate of drug-likeness (QED) is 0.319. The van der Waals surface area contributed by atoms with E-state index < -0.39 is 17.8 Å². The number of carboxylic acids is 1. The summed E-state index contributed by atoms with van der Waals surface area (Å²) in [5, 5.41) is 11.9. The number of carbonyl (C=O) groups excluding carboxylic acids is 2. The van der Waals surface area contributed by atoms with Crippen molar-refractivity contribution in [3.63, 3.8) is 0 Å². The van der Waals surface area contributed by atoms with Crippen LogP contribution in [0.1, 0.15) is 16.1 Å². The molecule has 0 bridgehead atoms. The minimum Gasteiger partial charge on any atom is -0.497 e. The molecule has 0 aliphatic carbocycles. The molecule has 0 radical (unpaired) electrons. The highest BCUT2D eigenvalue weighted by atomic mass is 35.5. The first-order chi connectivity index (χ1) is 15.8. The maximum Gasteiger partial charge on any atom is 0.335 e. The second-order valence-electron chi connectivity index (χ2n) is 6.86. The Morgan fingerprint density at radius 2 is 1.88 bits per heavy atom. The number of thiocarbonyl (C=S) groups is 1. The fourth-order valence-electron chi connectivity index (χ4n) is 3.19. The van der Waals surface area contributed by atoms with E-state index in [2.05, 4.69) is 5.32 Å². The van der Waals surface area contributed by atoms with E-state index in [0.717, 1.165) is 0 Å². The minimum atomic E-state index is -1.11. The van der Waals surface area contributed by atoms with Gasteiger partial charge in [0.2, 0.25) is 0 Å². The Hall–Kier alpha value is -3.95. The van der Waals surface area contributed by atoms with Crippen LogP contribution < -0.4 is 15.0 Å². The number of methoxy groups -OCH3 is 1. The highest BCUT2D eigenvalue weighted by molar-refractivity contribution is 7.80. The van der Waals surface area contributed by atoms with E-state index in [1.54, 1.807) is 30.3 Å². The number of hydrogen-bond donors (Lipinski definition) is 2. The fraction of sp³-hybridized carbons (Fsp3) is 0.0435. The molecule has 0 unspecified atom stereocenters. The molecule has 33 heavy (non-hydrogen) atoms. The summed E-state index contributed by atoms with van der Waals surface area (Å²) in [7, 11) is 1.52. The molecular weight excluding hydrogens is 468 g/mol. The minimum absolute atomic E-state index is 0.0381. The van der Waals surface area contributed by atoms with Crippen LogP contribution in [0.5, 0.6) is 5.75 Å². The third kappa shape index (κ3) is 4.36. The van der Waals surface area contributed by atoms with E-state index >= 15 is 0 Å². The number of benzene rings is 2. The lowest BCUT2D eigenvalue weighted by Gasteiger charge is -2.28. The van der Waals surface area contributed by atoms with Crippen LogP contribution >= 0.6 is 23.8 Å². The SMILES string of the molecule is COc1ccc(N2C(=O)C(=Cc3ccc(-c4cc(C(=O)O)ccc4Cl)o3)C(=O)NC2=S)cc1. The van der Waals surface area contributed by atoms with Crippen LogP contribution in [-0.4, -0.2) is 35.1 Å². The van der Waals surface area contributed by atoms with Crippen molar-refractivity contribution >= 4 is 58.5 Å². The Kier molecular flexibility index (Phi) is 5.99. The maximum atomic E-state index is 13.1. The third-order valence-corrected chi connectivity index (χ3v) is 5.44. The first-order valence-corrected chi connectivity index (χ1v) is 10.3.